The van der Waals surface area contributed by atoms with Crippen LogP contribution in [0.5, 0.6) is 0 Å². The van der Waals surface area contributed by atoms with Gasteiger partial charge in [-0.3, -0.25) is 0 Å². The van der Waals surface area contributed by atoms with Crippen molar-refractivity contribution < 1.29 is 8.78 Å². The fourth-order valence-corrected chi connectivity index (χ4v) is 3.95. The van der Waals surface area contributed by atoms with Gasteiger partial charge in [0.25, 0.3) is 0 Å². The Hall–Kier alpha value is -1.16. The van der Waals surface area contributed by atoms with E-state index in [-0.39, 0.29) is 0 Å². The number of hydrogen-bond donors (Lipinski definition) is 1. The molecule has 2 saturated heterocycles. The number of fused-ring (bicyclic) bond motifs is 2. The van der Waals surface area contributed by atoms with E-state index < -0.39 is 11.6 Å². The molecule has 0 amide bonds. The van der Waals surface area contributed by atoms with E-state index in [9.17, 15) is 8.78 Å². The summed E-state index contributed by atoms with van der Waals surface area (Å²) in [6, 6.07) is 5.26. The minimum atomic E-state index is -0.480. The minimum Gasteiger partial charge on any atom is -0.365 e. The van der Waals surface area contributed by atoms with E-state index in [1.807, 2.05) is 0 Å². The summed E-state index contributed by atoms with van der Waals surface area (Å²) in [4.78, 5) is 2.27. The predicted molar refractivity (Wildman–Crippen MR) is 77.0 cm³/mol. The second kappa shape index (κ2) is 5.68. The largest absolute Gasteiger partial charge is 0.365 e. The van der Waals surface area contributed by atoms with Crippen LogP contribution in [0.3, 0.4) is 0 Å². The Morgan fingerprint density at radius 1 is 1.10 bits per heavy atom. The normalized spacial score (nSPS) is 29.6. The molecule has 2 heterocycles. The number of benzene rings is 1. The molecule has 1 N–H and O–H groups in total. The van der Waals surface area contributed by atoms with Crippen molar-refractivity contribution >= 4 is 5.69 Å². The number of rotatable bonds is 3. The molecule has 4 heteroatoms. The molecule has 2 atom stereocenters. The second-order valence-corrected chi connectivity index (χ2v) is 6.00. The number of piperidine rings is 2. The standard InChI is InChI=1S/C16H22F2N2/c1-2-19-13-9-14-4-3-5-15(10-13)20(14)16-7-11(17)6-12(18)8-16/h6-8,13-15,19H,2-5,9-10H2,1H3. The zero-order valence-corrected chi connectivity index (χ0v) is 11.9. The molecule has 0 saturated carbocycles. The number of nitrogens with zero attached hydrogens (tertiary/aromatic N) is 1. The molecule has 0 spiro atoms. The fourth-order valence-electron chi connectivity index (χ4n) is 3.95. The maximum atomic E-state index is 13.5. The average Bonchev–Trinajstić information content (AvgIpc) is 2.36. The van der Waals surface area contributed by atoms with E-state index in [0.717, 1.165) is 38.3 Å². The van der Waals surface area contributed by atoms with E-state index in [4.69, 9.17) is 0 Å². The van der Waals surface area contributed by atoms with Crippen LogP contribution < -0.4 is 10.2 Å². The first-order valence-electron chi connectivity index (χ1n) is 7.65. The second-order valence-electron chi connectivity index (χ2n) is 6.00. The molecule has 20 heavy (non-hydrogen) atoms. The van der Waals surface area contributed by atoms with Gasteiger partial charge < -0.3 is 10.2 Å². The molecule has 0 aliphatic carbocycles. The Morgan fingerprint density at radius 2 is 1.70 bits per heavy atom. The van der Waals surface area contributed by atoms with Crippen LogP contribution in [0, 0.1) is 11.6 Å². The van der Waals surface area contributed by atoms with Gasteiger partial charge >= 0.3 is 0 Å². The third-order valence-electron chi connectivity index (χ3n) is 4.61. The molecule has 110 valence electrons. The third kappa shape index (κ3) is 2.66. The van der Waals surface area contributed by atoms with Crippen molar-refractivity contribution in [2.45, 2.75) is 57.2 Å². The Bertz CT molecular complexity index is 443. The van der Waals surface area contributed by atoms with Gasteiger partial charge in [-0.1, -0.05) is 6.92 Å². The lowest BCUT2D eigenvalue weighted by Crippen LogP contribution is -2.56. The topological polar surface area (TPSA) is 15.3 Å². The highest BCUT2D eigenvalue weighted by atomic mass is 19.1. The summed E-state index contributed by atoms with van der Waals surface area (Å²) in [5.41, 5.74) is 0.715. The lowest BCUT2D eigenvalue weighted by molar-refractivity contribution is 0.247. The summed E-state index contributed by atoms with van der Waals surface area (Å²) < 4.78 is 27.0. The maximum absolute atomic E-state index is 13.5. The van der Waals surface area contributed by atoms with Crippen LogP contribution in [0.25, 0.3) is 0 Å². The fraction of sp³-hybridized carbons (Fsp3) is 0.625. The van der Waals surface area contributed by atoms with Crippen molar-refractivity contribution in [2.75, 3.05) is 11.4 Å². The summed E-state index contributed by atoms with van der Waals surface area (Å²) in [6.07, 6.45) is 5.61. The summed E-state index contributed by atoms with van der Waals surface area (Å²) in [7, 11) is 0. The molecule has 2 fully saturated rings. The molecule has 2 aliphatic rings. The van der Waals surface area contributed by atoms with Gasteiger partial charge in [-0.25, -0.2) is 8.78 Å². The summed E-state index contributed by atoms with van der Waals surface area (Å²) in [5.74, 6) is -0.959. The molecule has 2 unspecified atom stereocenters. The van der Waals surface area contributed by atoms with Crippen LogP contribution in [0.15, 0.2) is 18.2 Å². The van der Waals surface area contributed by atoms with Crippen LogP contribution in [0.1, 0.15) is 39.0 Å². The molecule has 3 rings (SSSR count). The smallest absolute Gasteiger partial charge is 0.128 e. The van der Waals surface area contributed by atoms with Crippen molar-refractivity contribution in [2.24, 2.45) is 0 Å². The molecule has 2 aliphatic heterocycles. The molecular weight excluding hydrogens is 258 g/mol. The van der Waals surface area contributed by atoms with E-state index >= 15 is 0 Å². The predicted octanol–water partition coefficient (Wildman–Crippen LogP) is 3.46. The number of hydrogen-bond acceptors (Lipinski definition) is 2. The number of halogens is 2. The lowest BCUT2D eigenvalue weighted by Gasteiger charge is -2.50. The van der Waals surface area contributed by atoms with Crippen molar-refractivity contribution in [3.8, 4) is 0 Å². The molecular formula is C16H22F2N2. The van der Waals surface area contributed by atoms with Gasteiger partial charge in [0.2, 0.25) is 0 Å². The van der Waals surface area contributed by atoms with Crippen LogP contribution in [0.2, 0.25) is 0 Å². The zero-order chi connectivity index (χ0) is 14.1. The molecule has 0 aromatic heterocycles. The van der Waals surface area contributed by atoms with Crippen LogP contribution in [0.4, 0.5) is 14.5 Å². The molecule has 1 aromatic carbocycles. The molecule has 1 aromatic rings. The first-order chi connectivity index (χ1) is 9.67. The Kier molecular flexibility index (Phi) is 3.92. The quantitative estimate of drug-likeness (QED) is 0.912. The highest BCUT2D eigenvalue weighted by molar-refractivity contribution is 5.50. The van der Waals surface area contributed by atoms with Crippen molar-refractivity contribution in [3.05, 3.63) is 29.8 Å². The third-order valence-corrected chi connectivity index (χ3v) is 4.61. The average molecular weight is 280 g/mol. The summed E-state index contributed by atoms with van der Waals surface area (Å²) in [6.45, 7) is 3.11. The van der Waals surface area contributed by atoms with E-state index in [2.05, 4.69) is 17.1 Å². The maximum Gasteiger partial charge on any atom is 0.128 e. The van der Waals surface area contributed by atoms with Gasteiger partial charge in [-0.15, -0.1) is 0 Å². The summed E-state index contributed by atoms with van der Waals surface area (Å²) in [5, 5.41) is 3.53. The van der Waals surface area contributed by atoms with Crippen molar-refractivity contribution in [1.29, 1.82) is 0 Å². The van der Waals surface area contributed by atoms with Crippen molar-refractivity contribution in [1.82, 2.24) is 5.32 Å². The van der Waals surface area contributed by atoms with Gasteiger partial charge in [0, 0.05) is 29.9 Å². The van der Waals surface area contributed by atoms with Crippen LogP contribution >= 0.6 is 0 Å². The van der Waals surface area contributed by atoms with Crippen LogP contribution in [-0.2, 0) is 0 Å². The highest BCUT2D eigenvalue weighted by Gasteiger charge is 2.38. The Labute approximate surface area is 119 Å². The Morgan fingerprint density at radius 3 is 2.25 bits per heavy atom. The Balaban J connectivity index is 1.86. The molecule has 0 radical (unpaired) electrons. The summed E-state index contributed by atoms with van der Waals surface area (Å²) >= 11 is 0. The SMILES string of the molecule is CCNC1CC2CCCC(C1)N2c1cc(F)cc(F)c1. The van der Waals surface area contributed by atoms with E-state index in [1.54, 1.807) is 0 Å². The number of nitrogens with one attached hydrogen (secondary N) is 1. The van der Waals surface area contributed by atoms with Gasteiger partial charge in [0.05, 0.1) is 0 Å². The lowest BCUT2D eigenvalue weighted by atomic mass is 9.81. The van der Waals surface area contributed by atoms with Crippen LogP contribution in [-0.4, -0.2) is 24.7 Å². The highest BCUT2D eigenvalue weighted by Crippen LogP contribution is 2.38. The van der Waals surface area contributed by atoms with Gasteiger partial charge in [-0.2, -0.15) is 0 Å². The monoisotopic (exact) mass is 280 g/mol. The van der Waals surface area contributed by atoms with Gasteiger partial charge in [0.15, 0.2) is 0 Å². The van der Waals surface area contributed by atoms with E-state index in [1.165, 1.54) is 18.6 Å². The first kappa shape index (κ1) is 13.8. The molecule has 2 bridgehead atoms. The van der Waals surface area contributed by atoms with Crippen molar-refractivity contribution in [3.63, 3.8) is 0 Å². The zero-order valence-electron chi connectivity index (χ0n) is 11.9. The van der Waals surface area contributed by atoms with Gasteiger partial charge in [-0.05, 0) is 50.8 Å². The first-order valence-corrected chi connectivity index (χ1v) is 7.65. The van der Waals surface area contributed by atoms with Gasteiger partial charge in [0.1, 0.15) is 11.6 Å². The van der Waals surface area contributed by atoms with E-state index in [0.29, 0.717) is 23.8 Å². The molecule has 2 nitrogen and oxygen atoms in total. The number of anilines is 1. The minimum absolute atomic E-state index is 0.410.